The third-order valence-corrected chi connectivity index (χ3v) is 4.67. The van der Waals surface area contributed by atoms with Gasteiger partial charge in [0.1, 0.15) is 11.4 Å². The van der Waals surface area contributed by atoms with Gasteiger partial charge in [-0.15, -0.1) is 0 Å². The average Bonchev–Trinajstić information content (AvgIpc) is 3.37. The second kappa shape index (κ2) is 7.93. The van der Waals surface area contributed by atoms with Gasteiger partial charge in [-0.25, -0.2) is 14.6 Å². The fraction of sp³-hybridized carbons (Fsp3) is 0.136. The van der Waals surface area contributed by atoms with Crippen LogP contribution in [-0.2, 0) is 0 Å². The highest BCUT2D eigenvalue weighted by atomic mass is 35.5. The number of nitriles is 1. The second-order valence-corrected chi connectivity index (χ2v) is 7.16. The molecule has 0 aliphatic heterocycles. The van der Waals surface area contributed by atoms with Crippen LogP contribution in [0.25, 0.3) is 17.1 Å². The van der Waals surface area contributed by atoms with E-state index in [0.29, 0.717) is 33.6 Å². The van der Waals surface area contributed by atoms with Crippen LogP contribution in [0.15, 0.2) is 59.2 Å². The van der Waals surface area contributed by atoms with E-state index >= 15 is 0 Å². The molecule has 3 aromatic heterocycles. The van der Waals surface area contributed by atoms with E-state index in [1.807, 2.05) is 12.1 Å². The summed E-state index contributed by atoms with van der Waals surface area (Å²) in [5, 5.41) is 14.7. The summed E-state index contributed by atoms with van der Waals surface area (Å²) in [6.45, 7) is 3.58. The number of aryl methyl sites for hydroxylation is 2. The number of hydrogen-bond acceptors (Lipinski definition) is 6. The molecule has 0 bridgehead atoms. The fourth-order valence-electron chi connectivity index (χ4n) is 3.17. The molecule has 1 unspecified atom stereocenters. The van der Waals surface area contributed by atoms with Crippen molar-refractivity contribution in [3.05, 3.63) is 82.7 Å². The van der Waals surface area contributed by atoms with Crippen molar-refractivity contribution in [3.63, 3.8) is 0 Å². The minimum absolute atomic E-state index is 0.107. The number of carbonyl (C=O) groups excluding carboxylic acids is 1. The Kier molecular flexibility index (Phi) is 5.17. The number of aromatic nitrogens is 4. The number of Topliss-reactive ketones (excluding diaryl/α,β-unsaturated/α-hetero) is 1. The Bertz CT molecular complexity index is 1250. The molecule has 0 saturated carbocycles. The smallest absolute Gasteiger partial charge is 0.207 e. The highest BCUT2D eigenvalue weighted by Crippen LogP contribution is 2.28. The lowest BCUT2D eigenvalue weighted by molar-refractivity contribution is 0.0971. The highest BCUT2D eigenvalue weighted by Gasteiger charge is 2.29. The van der Waals surface area contributed by atoms with Gasteiger partial charge < -0.3 is 4.42 Å². The fourth-order valence-corrected chi connectivity index (χ4v) is 3.35. The van der Waals surface area contributed by atoms with E-state index in [2.05, 4.69) is 15.1 Å². The third-order valence-electron chi connectivity index (χ3n) is 4.44. The van der Waals surface area contributed by atoms with Crippen molar-refractivity contribution in [3.8, 4) is 23.2 Å². The molecule has 0 N–H and O–H groups in total. The third kappa shape index (κ3) is 3.73. The van der Waals surface area contributed by atoms with Crippen LogP contribution in [0, 0.1) is 25.2 Å². The van der Waals surface area contributed by atoms with Gasteiger partial charge in [0.2, 0.25) is 5.78 Å². The van der Waals surface area contributed by atoms with Crippen molar-refractivity contribution >= 4 is 17.4 Å². The molecule has 0 aliphatic rings. The maximum Gasteiger partial charge on any atom is 0.207 e. The van der Waals surface area contributed by atoms with Gasteiger partial charge in [-0.05, 0) is 56.3 Å². The number of benzene rings is 1. The molecule has 0 saturated heterocycles. The first-order valence-electron chi connectivity index (χ1n) is 9.12. The van der Waals surface area contributed by atoms with Gasteiger partial charge >= 0.3 is 0 Å². The summed E-state index contributed by atoms with van der Waals surface area (Å²) in [6, 6.07) is 16.0. The summed E-state index contributed by atoms with van der Waals surface area (Å²) in [5.74, 6) is -0.971. The summed E-state index contributed by atoms with van der Waals surface area (Å²) >= 11 is 6.13. The monoisotopic (exact) mass is 417 g/mol. The number of ketones is 1. The maximum absolute atomic E-state index is 13.2. The summed E-state index contributed by atoms with van der Waals surface area (Å²) in [7, 11) is 0. The molecule has 4 rings (SSSR count). The van der Waals surface area contributed by atoms with E-state index in [9.17, 15) is 10.1 Å². The van der Waals surface area contributed by atoms with Crippen LogP contribution in [0.5, 0.6) is 0 Å². The van der Waals surface area contributed by atoms with Gasteiger partial charge in [-0.1, -0.05) is 17.7 Å². The number of nitrogens with zero attached hydrogens (tertiary/aromatic N) is 5. The van der Waals surface area contributed by atoms with Gasteiger partial charge in [0.05, 0.1) is 18.0 Å². The largest absolute Gasteiger partial charge is 0.463 e. The quantitative estimate of drug-likeness (QED) is 0.437. The van der Waals surface area contributed by atoms with Crippen LogP contribution in [-0.4, -0.2) is 25.5 Å². The molecule has 0 spiro atoms. The van der Waals surface area contributed by atoms with Crippen molar-refractivity contribution in [2.45, 2.75) is 19.8 Å². The lowest BCUT2D eigenvalue weighted by Crippen LogP contribution is -2.16. The number of halogens is 1. The molecule has 4 aromatic rings. The van der Waals surface area contributed by atoms with Crippen molar-refractivity contribution in [1.29, 1.82) is 5.26 Å². The lowest BCUT2D eigenvalue weighted by atomic mass is 10.0. The molecule has 1 atom stereocenters. The molecular formula is C22H16ClN5O2. The zero-order valence-electron chi connectivity index (χ0n) is 16.2. The van der Waals surface area contributed by atoms with Gasteiger partial charge in [-0.2, -0.15) is 10.4 Å². The van der Waals surface area contributed by atoms with Gasteiger partial charge in [-0.3, -0.25) is 4.79 Å². The molecule has 3 heterocycles. The lowest BCUT2D eigenvalue weighted by Gasteiger charge is -2.07. The zero-order chi connectivity index (χ0) is 21.3. The Balaban J connectivity index is 1.82. The molecule has 8 heteroatoms. The second-order valence-electron chi connectivity index (χ2n) is 6.72. The minimum atomic E-state index is -1.17. The van der Waals surface area contributed by atoms with Crippen molar-refractivity contribution in [2.75, 3.05) is 0 Å². The molecule has 0 fully saturated rings. The van der Waals surface area contributed by atoms with E-state index < -0.39 is 11.7 Å². The van der Waals surface area contributed by atoms with Crippen LogP contribution in [0.1, 0.15) is 33.6 Å². The molecule has 1 aromatic carbocycles. The summed E-state index contributed by atoms with van der Waals surface area (Å²) in [4.78, 5) is 21.7. The van der Waals surface area contributed by atoms with Crippen LogP contribution < -0.4 is 0 Å². The Morgan fingerprint density at radius 3 is 2.53 bits per heavy atom. The van der Waals surface area contributed by atoms with Gasteiger partial charge in [0, 0.05) is 16.4 Å². The van der Waals surface area contributed by atoms with E-state index in [1.54, 1.807) is 61.0 Å². The average molecular weight is 418 g/mol. The van der Waals surface area contributed by atoms with Crippen molar-refractivity contribution in [1.82, 2.24) is 19.7 Å². The topological polar surface area (TPSA) is 97.6 Å². The van der Waals surface area contributed by atoms with Crippen LogP contribution in [0.4, 0.5) is 0 Å². The predicted molar refractivity (Wildman–Crippen MR) is 110 cm³/mol. The summed E-state index contributed by atoms with van der Waals surface area (Å²) in [6.07, 6.45) is 1.54. The number of carbonyl (C=O) groups is 1. The Morgan fingerprint density at radius 2 is 1.90 bits per heavy atom. The van der Waals surface area contributed by atoms with E-state index in [1.165, 1.54) is 6.26 Å². The Labute approximate surface area is 177 Å². The van der Waals surface area contributed by atoms with E-state index in [-0.39, 0.29) is 11.5 Å². The zero-order valence-corrected chi connectivity index (χ0v) is 17.0. The van der Waals surface area contributed by atoms with Gasteiger partial charge in [0.25, 0.3) is 0 Å². The van der Waals surface area contributed by atoms with Crippen LogP contribution in [0.3, 0.4) is 0 Å². The highest BCUT2D eigenvalue weighted by molar-refractivity contribution is 6.30. The molecule has 0 radical (unpaired) electrons. The standard InChI is InChI=1S/C22H16ClN5O2/c1-13-9-14(2)26-22(25-13)17(12-24)21(29)18-11-19(20-7-4-8-30-20)28(27-18)16-6-3-5-15(23)10-16/h3-11,17H,1-2H3. The normalized spacial score (nSPS) is 11.8. The first-order valence-corrected chi connectivity index (χ1v) is 9.50. The number of furan rings is 1. The summed E-state index contributed by atoms with van der Waals surface area (Å²) < 4.78 is 7.08. The summed E-state index contributed by atoms with van der Waals surface area (Å²) in [5.41, 5.74) is 2.70. The number of rotatable bonds is 5. The Hall–Kier alpha value is -3.76. The first-order chi connectivity index (χ1) is 14.5. The SMILES string of the molecule is Cc1cc(C)nc(C(C#N)C(=O)c2cc(-c3ccco3)n(-c3cccc(Cl)c3)n2)n1. The van der Waals surface area contributed by atoms with Crippen molar-refractivity contribution in [2.24, 2.45) is 0 Å². The molecule has 0 amide bonds. The van der Waals surface area contributed by atoms with Crippen LogP contribution >= 0.6 is 11.6 Å². The van der Waals surface area contributed by atoms with E-state index in [0.717, 1.165) is 0 Å². The predicted octanol–water partition coefficient (Wildman–Crippen LogP) is 4.68. The Morgan fingerprint density at radius 1 is 1.13 bits per heavy atom. The first kappa shape index (κ1) is 19.6. The molecule has 7 nitrogen and oxygen atoms in total. The molecule has 30 heavy (non-hydrogen) atoms. The van der Waals surface area contributed by atoms with E-state index in [4.69, 9.17) is 16.0 Å². The molecular weight excluding hydrogens is 402 g/mol. The minimum Gasteiger partial charge on any atom is -0.463 e. The van der Waals surface area contributed by atoms with Crippen LogP contribution in [0.2, 0.25) is 5.02 Å². The van der Waals surface area contributed by atoms with Crippen molar-refractivity contribution < 1.29 is 9.21 Å². The van der Waals surface area contributed by atoms with Gasteiger partial charge in [0.15, 0.2) is 17.5 Å². The number of hydrogen-bond donors (Lipinski definition) is 0. The molecule has 0 aliphatic carbocycles. The molecule has 148 valence electrons. The maximum atomic E-state index is 13.2.